The van der Waals surface area contributed by atoms with E-state index in [9.17, 15) is 0 Å². The molecule has 93 heavy (non-hydrogen) atoms. The molecule has 15 aromatic rings. The van der Waals surface area contributed by atoms with Crippen molar-refractivity contribution in [1.82, 2.24) is 4.57 Å². The van der Waals surface area contributed by atoms with E-state index in [0.29, 0.717) is 0 Å². The Morgan fingerprint density at radius 3 is 1.14 bits per heavy atom. The molecule has 0 saturated carbocycles. The third kappa shape index (κ3) is 8.26. The fourth-order valence-electron chi connectivity index (χ4n) is 16.7. The van der Waals surface area contributed by atoms with Gasteiger partial charge in [0.1, 0.15) is 0 Å². The lowest BCUT2D eigenvalue weighted by Crippen LogP contribution is -2.29. The first-order chi connectivity index (χ1) is 45.7. The van der Waals surface area contributed by atoms with E-state index in [2.05, 4.69) is 365 Å². The Hall–Kier alpha value is -11.4. The van der Waals surface area contributed by atoms with E-state index in [4.69, 9.17) is 0 Å². The van der Waals surface area contributed by atoms with Gasteiger partial charge >= 0.3 is 0 Å². The molecule has 0 unspecified atom stereocenters. The molecule has 0 radical (unpaired) electrons. The van der Waals surface area contributed by atoms with Crippen molar-refractivity contribution >= 4 is 34.0 Å². The fraction of sp³-hybridized carbons (Fsp3) is 0.0652. The molecule has 0 atom stereocenters. The largest absolute Gasteiger partial charge is 0.309 e. The molecule has 3 aliphatic rings. The van der Waals surface area contributed by atoms with Gasteiger partial charge in [-0.3, -0.25) is 0 Å². The topological polar surface area (TPSA) is 4.93 Å². The Morgan fingerprint density at radius 2 is 0.624 bits per heavy atom. The molecule has 0 bridgehead atoms. The number of fused-ring (bicyclic) bond motifs is 12. The molecule has 1 heterocycles. The summed E-state index contributed by atoms with van der Waals surface area (Å²) >= 11 is 0. The van der Waals surface area contributed by atoms with Crippen molar-refractivity contribution in [2.45, 2.75) is 37.0 Å². The molecule has 18 rings (SSSR count). The van der Waals surface area contributed by atoms with Crippen LogP contribution in [-0.2, 0) is 16.2 Å². The number of benzene rings is 14. The van der Waals surface area contributed by atoms with Crippen molar-refractivity contribution in [3.63, 3.8) is 0 Å². The van der Waals surface area contributed by atoms with Gasteiger partial charge in [-0.05, 0) is 189 Å². The smallest absolute Gasteiger partial charge is 0.0713 e. The highest BCUT2D eigenvalue weighted by atomic mass is 15.0. The highest BCUT2D eigenvalue weighted by molar-refractivity contribution is 6.10. The van der Waals surface area contributed by atoms with Crippen LogP contribution in [0.3, 0.4) is 0 Å². The molecule has 0 spiro atoms. The number of rotatable bonds is 10. The number of para-hydroxylation sites is 1. The third-order valence-corrected chi connectivity index (χ3v) is 21.0. The van der Waals surface area contributed by atoms with Gasteiger partial charge in [0.25, 0.3) is 0 Å². The highest BCUT2D eigenvalue weighted by Gasteiger charge is 2.48. The summed E-state index contributed by atoms with van der Waals surface area (Å²) in [6.45, 7) is 6.94. The zero-order chi connectivity index (χ0) is 62.0. The Bertz CT molecular complexity index is 5410. The van der Waals surface area contributed by atoms with Gasteiger partial charge in [0.15, 0.2) is 0 Å². The van der Waals surface area contributed by atoms with Crippen LogP contribution in [0.4, 0.5) is 0 Å². The van der Waals surface area contributed by atoms with Gasteiger partial charge in [-0.2, -0.15) is 0 Å². The predicted molar refractivity (Wildman–Crippen MR) is 389 cm³/mol. The minimum atomic E-state index is -0.595. The monoisotopic (exact) mass is 1180 g/mol. The first-order valence-electron chi connectivity index (χ1n) is 32.7. The van der Waals surface area contributed by atoms with Gasteiger partial charge in [0, 0.05) is 21.9 Å². The Balaban J connectivity index is 0.664. The number of aromatic nitrogens is 1. The Kier molecular flexibility index (Phi) is 12.4. The molecule has 1 heteroatoms. The average molecular weight is 1180 g/mol. The standard InChI is InChI=1S/C92H65N/c1-60-32-48-76-77-50-44-67(57-86(77)91(84(76)54-60,69-20-8-4-9-21-69)70-22-10-5-11-23-70)68-45-51-79-78-49-43-66(56-85(78)92(87(79)58-68,71-24-12-6-13-25-71)72-26-14-7-15-27-72)64-41-37-62(38-42-64)34-33-61-35-39-63(40-36-61)65-46-53-89-81(55-65)80-29-17-19-31-88(80)93(89)73-47-52-75-74-28-16-18-30-82(74)90(2,3)83(75)59-73/h4-59H,1-3H3/b34-33+. The Morgan fingerprint density at radius 1 is 0.258 bits per heavy atom. The maximum absolute atomic E-state index is 2.51. The fourth-order valence-corrected chi connectivity index (χ4v) is 16.7. The summed E-state index contributed by atoms with van der Waals surface area (Å²) in [6, 6.07) is 123. The molecule has 0 N–H and O–H groups in total. The minimum absolute atomic E-state index is 0.0727. The molecule has 1 nitrogen and oxygen atoms in total. The summed E-state index contributed by atoms with van der Waals surface area (Å²) in [7, 11) is 0. The molecule has 3 aliphatic carbocycles. The first-order valence-corrected chi connectivity index (χ1v) is 32.7. The maximum Gasteiger partial charge on any atom is 0.0713 e. The van der Waals surface area contributed by atoms with E-state index in [1.54, 1.807) is 0 Å². The minimum Gasteiger partial charge on any atom is -0.309 e. The van der Waals surface area contributed by atoms with Crippen LogP contribution in [0.2, 0.25) is 0 Å². The molecule has 0 fully saturated rings. The van der Waals surface area contributed by atoms with Crippen molar-refractivity contribution in [1.29, 1.82) is 0 Å². The van der Waals surface area contributed by atoms with Crippen molar-refractivity contribution in [3.05, 3.63) is 400 Å². The summed E-state index contributed by atoms with van der Waals surface area (Å²) in [5, 5.41) is 2.52. The lowest BCUT2D eigenvalue weighted by atomic mass is 9.66. The lowest BCUT2D eigenvalue weighted by molar-refractivity contribution is 0.660. The number of hydrogen-bond donors (Lipinski definition) is 0. The summed E-state index contributed by atoms with van der Waals surface area (Å²) in [4.78, 5) is 0. The zero-order valence-electron chi connectivity index (χ0n) is 52.3. The molecule has 1 aromatic heterocycles. The van der Waals surface area contributed by atoms with E-state index in [1.807, 2.05) is 0 Å². The number of nitrogens with zero attached hydrogens (tertiary/aromatic N) is 1. The van der Waals surface area contributed by atoms with Crippen LogP contribution in [0.5, 0.6) is 0 Å². The molecule has 0 saturated heterocycles. The van der Waals surface area contributed by atoms with E-state index >= 15 is 0 Å². The second-order valence-electron chi connectivity index (χ2n) is 26.4. The number of hydrogen-bond acceptors (Lipinski definition) is 0. The van der Waals surface area contributed by atoms with Gasteiger partial charge in [0.2, 0.25) is 0 Å². The summed E-state index contributed by atoms with van der Waals surface area (Å²) < 4.78 is 2.45. The maximum atomic E-state index is 2.51. The third-order valence-electron chi connectivity index (χ3n) is 21.0. The normalized spacial score (nSPS) is 14.2. The predicted octanol–water partition coefficient (Wildman–Crippen LogP) is 23.3. The van der Waals surface area contributed by atoms with Crippen molar-refractivity contribution in [2.75, 3.05) is 0 Å². The van der Waals surface area contributed by atoms with Gasteiger partial charge < -0.3 is 4.57 Å². The Labute approximate surface area is 544 Å². The van der Waals surface area contributed by atoms with E-state index in [1.165, 1.54) is 155 Å². The van der Waals surface area contributed by atoms with Crippen LogP contribution in [0.25, 0.3) is 106 Å². The molecule has 0 amide bonds. The van der Waals surface area contributed by atoms with Crippen LogP contribution >= 0.6 is 0 Å². The summed E-state index contributed by atoms with van der Waals surface area (Å²) in [5.74, 6) is 0. The number of aryl methyl sites for hydroxylation is 1. The lowest BCUT2D eigenvalue weighted by Gasteiger charge is -2.35. The van der Waals surface area contributed by atoms with Gasteiger partial charge in [-0.25, -0.2) is 0 Å². The molecule has 14 aromatic carbocycles. The van der Waals surface area contributed by atoms with E-state index in [-0.39, 0.29) is 5.41 Å². The molecular formula is C92H65N. The second-order valence-corrected chi connectivity index (χ2v) is 26.4. The summed E-state index contributed by atoms with van der Waals surface area (Å²) in [6.07, 6.45) is 4.46. The van der Waals surface area contributed by atoms with Crippen LogP contribution in [0.15, 0.2) is 328 Å². The van der Waals surface area contributed by atoms with Crippen molar-refractivity contribution in [2.24, 2.45) is 0 Å². The van der Waals surface area contributed by atoms with Crippen LogP contribution in [0.1, 0.15) is 86.2 Å². The van der Waals surface area contributed by atoms with Crippen LogP contribution < -0.4 is 0 Å². The van der Waals surface area contributed by atoms with Crippen LogP contribution in [0, 0.1) is 6.92 Å². The van der Waals surface area contributed by atoms with Crippen LogP contribution in [-0.4, -0.2) is 4.57 Å². The van der Waals surface area contributed by atoms with E-state index < -0.39 is 10.8 Å². The van der Waals surface area contributed by atoms with Crippen molar-refractivity contribution in [3.8, 4) is 72.4 Å². The SMILES string of the molecule is Cc1ccc2c(c1)C(c1ccccc1)(c1ccccc1)c1cc(-c3ccc4c(c3)C(c3ccccc3)(c3ccccc3)c3cc(-c5ccc(/C=C/c6ccc(-c7ccc8c(c7)c7ccccc7n8-c7ccc8c(c7)C(C)(C)c7ccccc7-8)cc6)cc5)ccc3-4)ccc1-2. The van der Waals surface area contributed by atoms with Gasteiger partial charge in [0.05, 0.1) is 21.9 Å². The molecule has 0 aliphatic heterocycles. The average Bonchev–Trinajstić information content (AvgIpc) is 1.56. The first kappa shape index (κ1) is 54.5. The summed E-state index contributed by atoms with van der Waals surface area (Å²) in [5.41, 5.74) is 34.1. The second kappa shape index (κ2) is 21.1. The van der Waals surface area contributed by atoms with E-state index in [0.717, 1.165) is 11.1 Å². The molecule has 438 valence electrons. The van der Waals surface area contributed by atoms with Gasteiger partial charge in [-0.1, -0.05) is 311 Å². The highest BCUT2D eigenvalue weighted by Crippen LogP contribution is 2.60. The zero-order valence-corrected chi connectivity index (χ0v) is 52.3. The molecular weight excluding hydrogens is 1120 g/mol. The van der Waals surface area contributed by atoms with Gasteiger partial charge in [-0.15, -0.1) is 0 Å². The quantitative estimate of drug-likeness (QED) is 0.120. The van der Waals surface area contributed by atoms with Crippen molar-refractivity contribution < 1.29 is 0 Å².